The lowest BCUT2D eigenvalue weighted by molar-refractivity contribution is -0.136. The second kappa shape index (κ2) is 9.23. The summed E-state index contributed by atoms with van der Waals surface area (Å²) in [5.74, 6) is 0.602. The smallest absolute Gasteiger partial charge is 0.308 e. The molecular weight excluding hydrogens is 376 g/mol. The summed E-state index contributed by atoms with van der Waals surface area (Å²) in [6.07, 6.45) is -0.0883. The summed E-state index contributed by atoms with van der Waals surface area (Å²) in [4.78, 5) is 16.7. The van der Waals surface area contributed by atoms with Gasteiger partial charge in [-0.2, -0.15) is 0 Å². The molecule has 7 heteroatoms. The van der Waals surface area contributed by atoms with E-state index in [2.05, 4.69) is 10.3 Å². The van der Waals surface area contributed by atoms with Crippen LogP contribution < -0.4 is 14.8 Å². The zero-order valence-corrected chi connectivity index (χ0v) is 16.6. The molecule has 0 amide bonds. The summed E-state index contributed by atoms with van der Waals surface area (Å²) in [6.45, 7) is 5.00. The van der Waals surface area contributed by atoms with E-state index in [-0.39, 0.29) is 6.42 Å². The second-order valence-corrected chi connectivity index (χ2v) is 6.96. The lowest BCUT2D eigenvalue weighted by Gasteiger charge is -2.09. The van der Waals surface area contributed by atoms with Gasteiger partial charge in [0.1, 0.15) is 11.5 Å². The summed E-state index contributed by atoms with van der Waals surface area (Å²) < 4.78 is 11.1. The molecule has 0 bridgehead atoms. The van der Waals surface area contributed by atoms with Gasteiger partial charge in [0.2, 0.25) is 0 Å². The van der Waals surface area contributed by atoms with Gasteiger partial charge >= 0.3 is 5.97 Å². The van der Waals surface area contributed by atoms with Crippen molar-refractivity contribution in [3.05, 3.63) is 53.4 Å². The third-order valence-electron chi connectivity index (χ3n) is 3.88. The van der Waals surface area contributed by atoms with Crippen LogP contribution in [0, 0.1) is 0 Å². The van der Waals surface area contributed by atoms with Crippen molar-refractivity contribution in [3.8, 4) is 22.8 Å². The molecule has 0 saturated carbocycles. The lowest BCUT2D eigenvalue weighted by Crippen LogP contribution is -1.99. The molecule has 1 aromatic heterocycles. The van der Waals surface area contributed by atoms with E-state index in [0.29, 0.717) is 28.9 Å². The number of carbonyl (C=O) groups is 1. The molecule has 0 aliphatic rings. The molecule has 0 fully saturated rings. The lowest BCUT2D eigenvalue weighted by atomic mass is 10.1. The summed E-state index contributed by atoms with van der Waals surface area (Å²) in [5.41, 5.74) is 2.30. The number of rotatable bonds is 9. The molecule has 3 rings (SSSR count). The fourth-order valence-electron chi connectivity index (χ4n) is 2.73. The van der Waals surface area contributed by atoms with Crippen LogP contribution in [0.15, 0.2) is 48.5 Å². The fourth-order valence-corrected chi connectivity index (χ4v) is 3.72. The van der Waals surface area contributed by atoms with Crippen LogP contribution in [0.2, 0.25) is 0 Å². The third-order valence-corrected chi connectivity index (χ3v) is 4.85. The van der Waals surface area contributed by atoms with Crippen molar-refractivity contribution in [1.29, 1.82) is 0 Å². The second-order valence-electron chi connectivity index (χ2n) is 5.87. The van der Waals surface area contributed by atoms with Gasteiger partial charge in [-0.05, 0) is 50.2 Å². The molecule has 3 aromatic rings. The van der Waals surface area contributed by atoms with Gasteiger partial charge in [-0.3, -0.25) is 4.79 Å². The van der Waals surface area contributed by atoms with Crippen molar-refractivity contribution in [2.75, 3.05) is 18.5 Å². The van der Waals surface area contributed by atoms with Crippen LogP contribution in [0.3, 0.4) is 0 Å². The van der Waals surface area contributed by atoms with Crippen molar-refractivity contribution in [3.63, 3.8) is 0 Å². The molecule has 146 valence electrons. The van der Waals surface area contributed by atoms with Crippen LogP contribution >= 0.6 is 11.3 Å². The van der Waals surface area contributed by atoms with Crippen LogP contribution in [0.5, 0.6) is 11.5 Å². The Kier molecular flexibility index (Phi) is 6.49. The van der Waals surface area contributed by atoms with Crippen LogP contribution in [0.25, 0.3) is 11.3 Å². The average molecular weight is 398 g/mol. The molecule has 0 atom stereocenters. The van der Waals surface area contributed by atoms with Crippen molar-refractivity contribution in [2.45, 2.75) is 20.3 Å². The maximum Gasteiger partial charge on any atom is 0.308 e. The Labute approximate surface area is 167 Å². The molecule has 2 N–H and O–H groups in total. The summed E-state index contributed by atoms with van der Waals surface area (Å²) in [6, 6.07) is 15.1. The number of carboxylic acids is 1. The van der Waals surface area contributed by atoms with Gasteiger partial charge in [-0.15, -0.1) is 11.3 Å². The number of aliphatic carboxylic acids is 1. The van der Waals surface area contributed by atoms with Crippen molar-refractivity contribution < 1.29 is 19.4 Å². The monoisotopic (exact) mass is 398 g/mol. The molecule has 0 spiro atoms. The van der Waals surface area contributed by atoms with Crippen molar-refractivity contribution in [1.82, 2.24) is 4.98 Å². The number of nitrogens with one attached hydrogen (secondary N) is 1. The first-order valence-electron chi connectivity index (χ1n) is 9.04. The Balaban J connectivity index is 1.93. The number of aromatic nitrogens is 1. The predicted octanol–water partition coefficient (Wildman–Crippen LogP) is 4.98. The molecular formula is C21H22N2O4S. The number of hydrogen-bond donors (Lipinski definition) is 2. The molecule has 28 heavy (non-hydrogen) atoms. The van der Waals surface area contributed by atoms with Crippen LogP contribution in [0.4, 0.5) is 10.8 Å². The maximum atomic E-state index is 11.3. The van der Waals surface area contributed by atoms with Crippen LogP contribution in [0.1, 0.15) is 18.7 Å². The van der Waals surface area contributed by atoms with Gasteiger partial charge in [0.25, 0.3) is 0 Å². The van der Waals surface area contributed by atoms with E-state index < -0.39 is 5.97 Å². The minimum atomic E-state index is -0.892. The first kappa shape index (κ1) is 19.7. The molecule has 2 aromatic carbocycles. The van der Waals surface area contributed by atoms with E-state index in [1.54, 1.807) is 0 Å². The van der Waals surface area contributed by atoms with Gasteiger partial charge < -0.3 is 19.9 Å². The van der Waals surface area contributed by atoms with Gasteiger partial charge in [0, 0.05) is 10.4 Å². The van der Waals surface area contributed by atoms with E-state index in [1.165, 1.54) is 11.3 Å². The largest absolute Gasteiger partial charge is 0.494 e. The predicted molar refractivity (Wildman–Crippen MR) is 111 cm³/mol. The van der Waals surface area contributed by atoms with E-state index in [4.69, 9.17) is 9.47 Å². The number of anilines is 2. The summed E-state index contributed by atoms with van der Waals surface area (Å²) >= 11 is 1.33. The number of benzene rings is 2. The molecule has 0 aliphatic carbocycles. The quantitative estimate of drug-likeness (QED) is 0.529. The summed E-state index contributed by atoms with van der Waals surface area (Å²) in [5, 5.41) is 13.2. The molecule has 0 saturated heterocycles. The Morgan fingerprint density at radius 1 is 1.07 bits per heavy atom. The van der Waals surface area contributed by atoms with Gasteiger partial charge in [-0.25, -0.2) is 4.98 Å². The highest BCUT2D eigenvalue weighted by molar-refractivity contribution is 7.16. The van der Waals surface area contributed by atoms with E-state index in [1.807, 2.05) is 62.4 Å². The Bertz CT molecular complexity index is 938. The molecule has 0 unspecified atom stereocenters. The number of carboxylic acid groups (broad SMARTS) is 1. The first-order valence-corrected chi connectivity index (χ1v) is 9.86. The van der Waals surface area contributed by atoms with Crippen LogP contribution in [-0.2, 0) is 11.2 Å². The maximum absolute atomic E-state index is 11.3. The minimum Gasteiger partial charge on any atom is -0.494 e. The standard InChI is InChI=1S/C21H22N2O4S/c1-3-26-15-11-9-14(10-12-15)20-18(13-19(24)25)28-21(23-20)22-16-7-5-6-8-17(16)27-4-2/h5-12H,3-4,13H2,1-2H3,(H,22,23)(H,24,25). The van der Waals surface area contributed by atoms with Gasteiger partial charge in [-0.1, -0.05) is 12.1 Å². The zero-order valence-electron chi connectivity index (χ0n) is 15.8. The molecule has 0 radical (unpaired) electrons. The Hall–Kier alpha value is -3.06. The highest BCUT2D eigenvalue weighted by Crippen LogP contribution is 2.35. The van der Waals surface area contributed by atoms with Crippen molar-refractivity contribution in [2.24, 2.45) is 0 Å². The van der Waals surface area contributed by atoms with E-state index in [9.17, 15) is 9.90 Å². The fraction of sp³-hybridized carbons (Fsp3) is 0.238. The highest BCUT2D eigenvalue weighted by Gasteiger charge is 2.17. The number of ether oxygens (including phenoxy) is 2. The number of nitrogens with zero attached hydrogens (tertiary/aromatic N) is 1. The number of thiazole rings is 1. The Morgan fingerprint density at radius 2 is 1.79 bits per heavy atom. The van der Waals surface area contributed by atoms with Gasteiger partial charge in [0.15, 0.2) is 5.13 Å². The highest BCUT2D eigenvalue weighted by atomic mass is 32.1. The third kappa shape index (κ3) is 4.80. The normalized spacial score (nSPS) is 10.5. The molecule has 0 aliphatic heterocycles. The minimum absolute atomic E-state index is 0.0883. The molecule has 1 heterocycles. The topological polar surface area (TPSA) is 80.7 Å². The summed E-state index contributed by atoms with van der Waals surface area (Å²) in [7, 11) is 0. The average Bonchev–Trinajstić information content (AvgIpc) is 3.06. The van der Waals surface area contributed by atoms with Gasteiger partial charge in [0.05, 0.1) is 31.0 Å². The molecule has 6 nitrogen and oxygen atoms in total. The first-order chi connectivity index (χ1) is 13.6. The van der Waals surface area contributed by atoms with E-state index >= 15 is 0 Å². The van der Waals surface area contributed by atoms with Crippen molar-refractivity contribution >= 4 is 28.1 Å². The zero-order chi connectivity index (χ0) is 19.9. The SMILES string of the molecule is CCOc1ccc(-c2nc(Nc3ccccc3OCC)sc2CC(=O)O)cc1. The van der Waals surface area contributed by atoms with Crippen LogP contribution in [-0.4, -0.2) is 29.3 Å². The number of hydrogen-bond acceptors (Lipinski definition) is 6. The van der Waals surface area contributed by atoms with E-state index in [0.717, 1.165) is 22.7 Å². The Morgan fingerprint density at radius 3 is 2.46 bits per heavy atom. The number of para-hydroxylation sites is 2.